The van der Waals surface area contributed by atoms with E-state index in [9.17, 15) is 19.2 Å². The van der Waals surface area contributed by atoms with Crippen molar-refractivity contribution in [3.8, 4) is 0 Å². The minimum atomic E-state index is -1.22. The van der Waals surface area contributed by atoms with Crippen LogP contribution in [0.4, 0.5) is 9.59 Å². The molecular weight excluding hydrogens is 324 g/mol. The number of hydrogen-bond donors (Lipinski definition) is 3. The molecule has 0 rings (SSSR count). The Morgan fingerprint density at radius 2 is 1.29 bits per heavy atom. The maximum atomic E-state index is 11.5. The monoisotopic (exact) mass is 346 g/mol. The third-order valence-electron chi connectivity index (χ3n) is 2.11. The first kappa shape index (κ1) is 23.2. The number of ether oxygens (including phenoxy) is 2. The van der Waals surface area contributed by atoms with Crippen LogP contribution in [0.2, 0.25) is 0 Å². The average molecular weight is 346 g/mol. The highest BCUT2D eigenvalue weighted by Gasteiger charge is 2.14. The molecule has 0 heterocycles. The van der Waals surface area contributed by atoms with Gasteiger partial charge in [0.2, 0.25) is 0 Å². The molecule has 0 aromatic carbocycles. The summed E-state index contributed by atoms with van der Waals surface area (Å²) < 4.78 is 8.86. The molecule has 0 spiro atoms. The van der Waals surface area contributed by atoms with Crippen LogP contribution in [0.5, 0.6) is 0 Å². The first-order valence-electron chi connectivity index (χ1n) is 6.77. The van der Waals surface area contributed by atoms with Gasteiger partial charge >= 0.3 is 24.1 Å². The van der Waals surface area contributed by atoms with Crippen molar-refractivity contribution in [3.63, 3.8) is 0 Å². The highest BCUT2D eigenvalue weighted by molar-refractivity contribution is 5.88. The van der Waals surface area contributed by atoms with Crippen molar-refractivity contribution in [2.24, 2.45) is 5.73 Å². The van der Waals surface area contributed by atoms with Crippen LogP contribution in [0.1, 0.15) is 27.7 Å². The van der Waals surface area contributed by atoms with E-state index in [2.05, 4.69) is 15.2 Å². The third kappa shape index (κ3) is 11.6. The van der Waals surface area contributed by atoms with Crippen LogP contribution in [0.25, 0.3) is 0 Å². The second kappa shape index (κ2) is 12.5. The Morgan fingerprint density at radius 3 is 1.50 bits per heavy atom. The SMILES string of the molecule is CCOC(=O)N(C=C(C)C(=O)O)C=C(C)C(=O)O.CCOC(N)=O. The number of carbonyl (C=O) groups is 4. The van der Waals surface area contributed by atoms with Gasteiger partial charge in [0.25, 0.3) is 0 Å². The smallest absolute Gasteiger partial charge is 0.417 e. The fourth-order valence-corrected chi connectivity index (χ4v) is 1.01. The topological polar surface area (TPSA) is 156 Å². The molecule has 4 N–H and O–H groups in total. The number of aliphatic carboxylic acids is 2. The number of carboxylic acids is 2. The van der Waals surface area contributed by atoms with Crippen LogP contribution in [0, 0.1) is 0 Å². The van der Waals surface area contributed by atoms with Crippen molar-refractivity contribution in [2.75, 3.05) is 13.2 Å². The maximum absolute atomic E-state index is 11.5. The molecule has 0 saturated heterocycles. The van der Waals surface area contributed by atoms with Crippen LogP contribution in [0.3, 0.4) is 0 Å². The summed E-state index contributed by atoms with van der Waals surface area (Å²) in [5.41, 5.74) is 4.29. The Labute approximate surface area is 139 Å². The van der Waals surface area contributed by atoms with Crippen molar-refractivity contribution in [3.05, 3.63) is 23.5 Å². The predicted octanol–water partition coefficient (Wildman–Crippen LogP) is 1.52. The Balaban J connectivity index is 0. The van der Waals surface area contributed by atoms with Gasteiger partial charge < -0.3 is 25.4 Å². The number of rotatable bonds is 6. The van der Waals surface area contributed by atoms with Gasteiger partial charge in [0.05, 0.1) is 24.4 Å². The fraction of sp³-hybridized carbons (Fsp3) is 0.429. The minimum Gasteiger partial charge on any atom is -0.478 e. The molecule has 0 atom stereocenters. The Hall–Kier alpha value is -3.04. The lowest BCUT2D eigenvalue weighted by atomic mass is 10.3. The van der Waals surface area contributed by atoms with Crippen LogP contribution in [-0.2, 0) is 19.1 Å². The summed E-state index contributed by atoms with van der Waals surface area (Å²) in [5.74, 6) is -2.43. The predicted molar refractivity (Wildman–Crippen MR) is 82.9 cm³/mol. The number of amides is 2. The molecule has 0 unspecified atom stereocenters. The van der Waals surface area contributed by atoms with E-state index in [0.29, 0.717) is 6.61 Å². The van der Waals surface area contributed by atoms with Crippen molar-refractivity contribution in [1.29, 1.82) is 0 Å². The van der Waals surface area contributed by atoms with Gasteiger partial charge in [0, 0.05) is 12.4 Å². The van der Waals surface area contributed by atoms with Gasteiger partial charge in [0.15, 0.2) is 0 Å². The van der Waals surface area contributed by atoms with Gasteiger partial charge in [-0.05, 0) is 27.7 Å². The van der Waals surface area contributed by atoms with Crippen molar-refractivity contribution >= 4 is 24.1 Å². The minimum absolute atomic E-state index is 0.0925. The van der Waals surface area contributed by atoms with E-state index >= 15 is 0 Å². The number of carbonyl (C=O) groups excluding carboxylic acids is 2. The van der Waals surface area contributed by atoms with E-state index in [-0.39, 0.29) is 17.8 Å². The molecule has 10 nitrogen and oxygen atoms in total. The highest BCUT2D eigenvalue weighted by Crippen LogP contribution is 2.05. The molecule has 0 saturated carbocycles. The number of hydrogen-bond acceptors (Lipinski definition) is 6. The zero-order valence-electron chi connectivity index (χ0n) is 13.9. The molecule has 136 valence electrons. The largest absolute Gasteiger partial charge is 0.478 e. The summed E-state index contributed by atoms with van der Waals surface area (Å²) in [5, 5.41) is 17.4. The molecule has 0 aliphatic carbocycles. The summed E-state index contributed by atoms with van der Waals surface area (Å²) in [4.78, 5) is 43.2. The molecule has 0 bridgehead atoms. The lowest BCUT2D eigenvalue weighted by Gasteiger charge is -2.14. The number of nitrogens with two attached hydrogens (primary N) is 1. The van der Waals surface area contributed by atoms with E-state index in [4.69, 9.17) is 10.2 Å². The summed E-state index contributed by atoms with van der Waals surface area (Å²) in [6, 6.07) is 0. The first-order chi connectivity index (χ1) is 11.1. The number of carboxylic acid groups (broad SMARTS) is 2. The van der Waals surface area contributed by atoms with E-state index in [1.54, 1.807) is 13.8 Å². The van der Waals surface area contributed by atoms with Crippen LogP contribution < -0.4 is 5.73 Å². The Morgan fingerprint density at radius 1 is 0.917 bits per heavy atom. The van der Waals surface area contributed by atoms with Crippen LogP contribution in [-0.4, -0.2) is 52.5 Å². The van der Waals surface area contributed by atoms with E-state index < -0.39 is 24.1 Å². The summed E-state index contributed by atoms with van der Waals surface area (Å²) >= 11 is 0. The normalized spacial score (nSPS) is 10.8. The van der Waals surface area contributed by atoms with Crippen LogP contribution in [0.15, 0.2) is 23.5 Å². The van der Waals surface area contributed by atoms with Gasteiger partial charge in [-0.3, -0.25) is 4.90 Å². The number of primary amides is 1. The molecule has 0 aromatic rings. The van der Waals surface area contributed by atoms with E-state index in [1.165, 1.54) is 13.8 Å². The summed E-state index contributed by atoms with van der Waals surface area (Å²) in [6.07, 6.45) is 0.427. The standard InChI is InChI=1S/C11H15NO6.C3H7NO2/c1-4-18-11(17)12(5-7(2)9(13)14)6-8(3)10(15)16;1-2-6-3(4)5/h5-6H,4H2,1-3H3,(H,13,14)(H,15,16);2H2,1H3,(H2,4,5). The van der Waals surface area contributed by atoms with Gasteiger partial charge in [-0.2, -0.15) is 0 Å². The van der Waals surface area contributed by atoms with Gasteiger partial charge in [-0.25, -0.2) is 19.2 Å². The number of nitrogens with zero attached hydrogens (tertiary/aromatic N) is 1. The fourth-order valence-electron chi connectivity index (χ4n) is 1.01. The van der Waals surface area contributed by atoms with Crippen molar-refractivity contribution < 1.29 is 38.9 Å². The van der Waals surface area contributed by atoms with Crippen molar-refractivity contribution in [2.45, 2.75) is 27.7 Å². The molecule has 10 heteroatoms. The van der Waals surface area contributed by atoms with E-state index in [0.717, 1.165) is 17.3 Å². The molecule has 24 heavy (non-hydrogen) atoms. The zero-order chi connectivity index (χ0) is 19.3. The summed E-state index contributed by atoms with van der Waals surface area (Å²) in [7, 11) is 0. The lowest BCUT2D eigenvalue weighted by molar-refractivity contribution is -0.133. The molecule has 0 aliphatic heterocycles. The maximum Gasteiger partial charge on any atom is 0.417 e. The third-order valence-corrected chi connectivity index (χ3v) is 2.11. The van der Waals surface area contributed by atoms with Gasteiger partial charge in [-0.15, -0.1) is 0 Å². The highest BCUT2D eigenvalue weighted by atomic mass is 16.6. The lowest BCUT2D eigenvalue weighted by Crippen LogP contribution is -2.23. The van der Waals surface area contributed by atoms with Gasteiger partial charge in [-0.1, -0.05) is 0 Å². The van der Waals surface area contributed by atoms with Gasteiger partial charge in [0.1, 0.15) is 0 Å². The molecular formula is C14H22N2O8. The Bertz CT molecular complexity index is 495. The van der Waals surface area contributed by atoms with E-state index in [1.807, 2.05) is 0 Å². The second-order valence-corrected chi connectivity index (χ2v) is 4.09. The molecule has 0 aliphatic rings. The quantitative estimate of drug-likeness (QED) is 0.611. The molecule has 0 radical (unpaired) electrons. The Kier molecular flexibility index (Phi) is 12.1. The average Bonchev–Trinajstić information content (AvgIpc) is 2.46. The van der Waals surface area contributed by atoms with Crippen LogP contribution >= 0.6 is 0 Å². The zero-order valence-corrected chi connectivity index (χ0v) is 13.9. The molecule has 2 amide bonds. The molecule has 0 aromatic heterocycles. The second-order valence-electron chi connectivity index (χ2n) is 4.09. The summed E-state index contributed by atoms with van der Waals surface area (Å²) in [6.45, 7) is 6.28. The van der Waals surface area contributed by atoms with Crippen molar-refractivity contribution in [1.82, 2.24) is 4.90 Å². The first-order valence-corrected chi connectivity index (χ1v) is 6.77. The molecule has 0 fully saturated rings.